The third-order valence-electron chi connectivity index (χ3n) is 4.22. The molecule has 0 aromatic carbocycles. The van der Waals surface area contributed by atoms with E-state index in [-0.39, 0.29) is 6.04 Å². The van der Waals surface area contributed by atoms with Crippen molar-refractivity contribution in [2.24, 2.45) is 5.73 Å². The van der Waals surface area contributed by atoms with Crippen LogP contribution in [-0.2, 0) is 4.79 Å². The first-order chi connectivity index (χ1) is 9.31. The molecule has 2 heterocycles. The van der Waals surface area contributed by atoms with Gasteiger partial charge in [-0.1, -0.05) is 6.42 Å². The molecule has 0 aromatic rings. The highest BCUT2D eigenvalue weighted by Crippen LogP contribution is 2.11. The molecule has 0 radical (unpaired) electrons. The van der Waals surface area contributed by atoms with Crippen LogP contribution in [0.25, 0.3) is 0 Å². The molecule has 5 heteroatoms. The van der Waals surface area contributed by atoms with E-state index in [0.717, 1.165) is 65.1 Å². The van der Waals surface area contributed by atoms with E-state index in [9.17, 15) is 4.79 Å². The number of amides is 1. The van der Waals surface area contributed by atoms with Crippen LogP contribution in [0, 0.1) is 0 Å². The molecular formula is C14H28N4O. The standard InChI is InChI=1S/C14H28N4O/c15-6-2-1-3-8-17-9-11-18(12-10-17)14(19)13-5-4-7-16-13/h13,16H,1-12,15H2. The SMILES string of the molecule is NCCCCCN1CCN(C(=O)C2CCCN2)CC1. The van der Waals surface area contributed by atoms with Crippen molar-refractivity contribution in [1.29, 1.82) is 0 Å². The van der Waals surface area contributed by atoms with Crippen LogP contribution in [0.5, 0.6) is 0 Å². The smallest absolute Gasteiger partial charge is 0.239 e. The molecule has 5 nitrogen and oxygen atoms in total. The van der Waals surface area contributed by atoms with Gasteiger partial charge in [0.05, 0.1) is 6.04 Å². The van der Waals surface area contributed by atoms with E-state index in [4.69, 9.17) is 5.73 Å². The number of piperazine rings is 1. The number of rotatable bonds is 6. The second-order valence-electron chi connectivity index (χ2n) is 5.67. The molecule has 1 atom stereocenters. The fraction of sp³-hybridized carbons (Fsp3) is 0.929. The van der Waals surface area contributed by atoms with E-state index in [1.54, 1.807) is 0 Å². The molecule has 2 rings (SSSR count). The van der Waals surface area contributed by atoms with Crippen molar-refractivity contribution in [3.63, 3.8) is 0 Å². The summed E-state index contributed by atoms with van der Waals surface area (Å²) in [6, 6.07) is 0.0936. The van der Waals surface area contributed by atoms with Crippen molar-refractivity contribution in [2.75, 3.05) is 45.8 Å². The van der Waals surface area contributed by atoms with E-state index < -0.39 is 0 Å². The van der Waals surface area contributed by atoms with E-state index in [0.29, 0.717) is 5.91 Å². The van der Waals surface area contributed by atoms with Crippen LogP contribution in [0.2, 0.25) is 0 Å². The summed E-state index contributed by atoms with van der Waals surface area (Å²) in [5, 5.41) is 3.30. The Balaban J connectivity index is 1.63. The number of carbonyl (C=O) groups excluding carboxylic acids is 1. The Kier molecular flexibility index (Phi) is 6.07. The molecule has 3 N–H and O–H groups in total. The van der Waals surface area contributed by atoms with Crippen LogP contribution in [-0.4, -0.2) is 67.6 Å². The molecule has 2 saturated heterocycles. The van der Waals surface area contributed by atoms with Crippen LogP contribution < -0.4 is 11.1 Å². The maximum absolute atomic E-state index is 12.2. The molecule has 1 amide bonds. The number of hydrogen-bond donors (Lipinski definition) is 2. The summed E-state index contributed by atoms with van der Waals surface area (Å²) in [6.07, 6.45) is 5.73. The molecular weight excluding hydrogens is 240 g/mol. The van der Waals surface area contributed by atoms with Crippen molar-refractivity contribution < 1.29 is 4.79 Å². The van der Waals surface area contributed by atoms with Gasteiger partial charge in [-0.15, -0.1) is 0 Å². The maximum Gasteiger partial charge on any atom is 0.239 e. The Hall–Kier alpha value is -0.650. The third kappa shape index (κ3) is 4.44. The van der Waals surface area contributed by atoms with Gasteiger partial charge in [0.1, 0.15) is 0 Å². The molecule has 1 unspecified atom stereocenters. The zero-order chi connectivity index (χ0) is 13.5. The Labute approximate surface area is 116 Å². The van der Waals surface area contributed by atoms with Crippen molar-refractivity contribution in [1.82, 2.24) is 15.1 Å². The van der Waals surface area contributed by atoms with Gasteiger partial charge >= 0.3 is 0 Å². The minimum atomic E-state index is 0.0936. The molecule has 110 valence electrons. The monoisotopic (exact) mass is 268 g/mol. The van der Waals surface area contributed by atoms with Crippen LogP contribution in [0.4, 0.5) is 0 Å². The first-order valence-electron chi connectivity index (χ1n) is 7.76. The number of nitrogens with one attached hydrogen (secondary N) is 1. The van der Waals surface area contributed by atoms with Crippen LogP contribution in [0.3, 0.4) is 0 Å². The summed E-state index contributed by atoms with van der Waals surface area (Å²) in [4.78, 5) is 16.8. The molecule has 19 heavy (non-hydrogen) atoms. The highest BCUT2D eigenvalue weighted by molar-refractivity contribution is 5.82. The topological polar surface area (TPSA) is 61.6 Å². The molecule has 0 aromatic heterocycles. The largest absolute Gasteiger partial charge is 0.339 e. The Morgan fingerprint density at radius 3 is 2.58 bits per heavy atom. The quantitative estimate of drug-likeness (QED) is 0.666. The van der Waals surface area contributed by atoms with Gasteiger partial charge in [-0.2, -0.15) is 0 Å². The minimum absolute atomic E-state index is 0.0936. The van der Waals surface area contributed by atoms with Gasteiger partial charge in [-0.05, 0) is 45.3 Å². The number of nitrogens with zero attached hydrogens (tertiary/aromatic N) is 2. The fourth-order valence-electron chi connectivity index (χ4n) is 2.96. The van der Waals surface area contributed by atoms with Crippen molar-refractivity contribution >= 4 is 5.91 Å². The molecule has 2 aliphatic heterocycles. The first kappa shape index (κ1) is 14.8. The van der Waals surface area contributed by atoms with E-state index in [1.165, 1.54) is 12.8 Å². The van der Waals surface area contributed by atoms with E-state index in [2.05, 4.69) is 10.2 Å². The van der Waals surface area contributed by atoms with Gasteiger partial charge < -0.3 is 16.0 Å². The van der Waals surface area contributed by atoms with Crippen LogP contribution in [0.1, 0.15) is 32.1 Å². The third-order valence-corrected chi connectivity index (χ3v) is 4.22. The highest BCUT2D eigenvalue weighted by Gasteiger charge is 2.28. The summed E-state index contributed by atoms with van der Waals surface area (Å²) >= 11 is 0. The molecule has 0 saturated carbocycles. The summed E-state index contributed by atoms with van der Waals surface area (Å²) < 4.78 is 0. The van der Waals surface area contributed by atoms with Gasteiger partial charge in [-0.25, -0.2) is 0 Å². The first-order valence-corrected chi connectivity index (χ1v) is 7.76. The van der Waals surface area contributed by atoms with Crippen LogP contribution >= 0.6 is 0 Å². The zero-order valence-electron chi connectivity index (χ0n) is 11.9. The number of nitrogens with two attached hydrogens (primary N) is 1. The Bertz CT molecular complexity index is 271. The van der Waals surface area contributed by atoms with Gasteiger partial charge in [0.15, 0.2) is 0 Å². The summed E-state index contributed by atoms with van der Waals surface area (Å²) in [5.41, 5.74) is 5.50. The van der Waals surface area contributed by atoms with Crippen LogP contribution in [0.15, 0.2) is 0 Å². The number of carbonyl (C=O) groups is 1. The predicted octanol–water partition coefficient (Wildman–Crippen LogP) is 0.0116. The Morgan fingerprint density at radius 1 is 1.16 bits per heavy atom. The second-order valence-corrected chi connectivity index (χ2v) is 5.67. The lowest BCUT2D eigenvalue weighted by Gasteiger charge is -2.36. The van der Waals surface area contributed by atoms with Crippen molar-refractivity contribution in [3.05, 3.63) is 0 Å². The van der Waals surface area contributed by atoms with Crippen molar-refractivity contribution in [3.8, 4) is 0 Å². The average molecular weight is 268 g/mol. The van der Waals surface area contributed by atoms with E-state index in [1.807, 2.05) is 4.90 Å². The van der Waals surface area contributed by atoms with Gasteiger partial charge in [0, 0.05) is 26.2 Å². The fourth-order valence-corrected chi connectivity index (χ4v) is 2.96. The number of hydrogen-bond acceptors (Lipinski definition) is 4. The molecule has 0 spiro atoms. The maximum atomic E-state index is 12.2. The van der Waals surface area contributed by atoms with Gasteiger partial charge in [0.25, 0.3) is 0 Å². The lowest BCUT2D eigenvalue weighted by atomic mass is 10.1. The second kappa shape index (κ2) is 7.82. The highest BCUT2D eigenvalue weighted by atomic mass is 16.2. The summed E-state index contributed by atoms with van der Waals surface area (Å²) in [7, 11) is 0. The summed E-state index contributed by atoms with van der Waals surface area (Å²) in [5.74, 6) is 0.320. The van der Waals surface area contributed by atoms with Gasteiger partial charge in [0.2, 0.25) is 5.91 Å². The Morgan fingerprint density at radius 2 is 1.95 bits per heavy atom. The number of unbranched alkanes of at least 4 members (excludes halogenated alkanes) is 2. The molecule has 2 aliphatic rings. The van der Waals surface area contributed by atoms with E-state index >= 15 is 0 Å². The minimum Gasteiger partial charge on any atom is -0.339 e. The summed E-state index contributed by atoms with van der Waals surface area (Å²) in [6.45, 7) is 6.81. The van der Waals surface area contributed by atoms with Gasteiger partial charge in [-0.3, -0.25) is 9.69 Å². The van der Waals surface area contributed by atoms with Crippen molar-refractivity contribution in [2.45, 2.75) is 38.1 Å². The predicted molar refractivity (Wildman–Crippen MR) is 77.0 cm³/mol. The molecule has 0 bridgehead atoms. The zero-order valence-corrected chi connectivity index (χ0v) is 11.9. The molecule has 0 aliphatic carbocycles. The average Bonchev–Trinajstić information content (AvgIpc) is 2.98. The lowest BCUT2D eigenvalue weighted by Crippen LogP contribution is -2.53. The lowest BCUT2D eigenvalue weighted by molar-refractivity contribution is -0.134. The normalized spacial score (nSPS) is 24.9. The molecule has 2 fully saturated rings.